The molecule has 1 saturated heterocycles. The largest absolute Gasteiger partial charge is 0.454 e. The molecule has 0 spiro atoms. The van der Waals surface area contributed by atoms with Gasteiger partial charge in [-0.05, 0) is 6.42 Å². The zero-order valence-corrected chi connectivity index (χ0v) is 16.5. The molecule has 11 nitrogen and oxygen atoms in total. The van der Waals surface area contributed by atoms with Crippen molar-refractivity contribution in [1.29, 1.82) is 0 Å². The fraction of sp³-hybridized carbons (Fsp3) is 0.944. The molecule has 0 aromatic carbocycles. The van der Waals surface area contributed by atoms with Gasteiger partial charge in [0.15, 0.2) is 12.4 Å². The maximum absolute atomic E-state index is 12.1. The minimum Gasteiger partial charge on any atom is -0.454 e. The molecule has 0 amide bonds. The number of carbonyl (C=O) groups is 1. The van der Waals surface area contributed by atoms with Crippen molar-refractivity contribution in [3.63, 3.8) is 0 Å². The molecule has 7 N–H and O–H groups in total. The van der Waals surface area contributed by atoms with Gasteiger partial charge in [-0.1, -0.05) is 32.6 Å². The number of unbranched alkanes of at least 4 members (excludes halogenated alkanes) is 4. The molecular formula is C18H34O11. The lowest BCUT2D eigenvalue weighted by Crippen LogP contribution is -2.61. The fourth-order valence-electron chi connectivity index (χ4n) is 2.89. The Kier molecular flexibility index (Phi) is 12.1. The predicted octanol–water partition coefficient (Wildman–Crippen LogP) is -2.25. The van der Waals surface area contributed by atoms with E-state index in [0.29, 0.717) is 6.42 Å². The van der Waals surface area contributed by atoms with Gasteiger partial charge in [0.2, 0.25) is 6.29 Å². The second kappa shape index (κ2) is 13.4. The summed E-state index contributed by atoms with van der Waals surface area (Å²) < 4.78 is 15.5. The molecule has 0 radical (unpaired) electrons. The van der Waals surface area contributed by atoms with Crippen LogP contribution in [0.3, 0.4) is 0 Å². The summed E-state index contributed by atoms with van der Waals surface area (Å²) in [6.45, 7) is 0.507. The highest BCUT2D eigenvalue weighted by Gasteiger charge is 2.48. The van der Waals surface area contributed by atoms with Gasteiger partial charge < -0.3 is 50.0 Å². The van der Waals surface area contributed by atoms with Crippen molar-refractivity contribution in [1.82, 2.24) is 0 Å². The van der Waals surface area contributed by atoms with Crippen LogP contribution in [0.1, 0.15) is 45.4 Å². The molecule has 172 valence electrons. The molecule has 1 heterocycles. The van der Waals surface area contributed by atoms with Crippen LogP contribution in [0.15, 0.2) is 0 Å². The van der Waals surface area contributed by atoms with Crippen molar-refractivity contribution in [2.75, 3.05) is 13.2 Å². The number of esters is 1. The Morgan fingerprint density at radius 2 is 1.69 bits per heavy atom. The van der Waals surface area contributed by atoms with E-state index >= 15 is 0 Å². The zero-order valence-electron chi connectivity index (χ0n) is 16.5. The summed E-state index contributed by atoms with van der Waals surface area (Å²) in [6.07, 6.45) is -8.96. The van der Waals surface area contributed by atoms with Crippen LogP contribution in [-0.2, 0) is 19.0 Å². The zero-order chi connectivity index (χ0) is 22.0. The number of ether oxygens (including phenoxy) is 3. The second-order valence-electron chi connectivity index (χ2n) is 7.09. The number of hydrogen-bond acceptors (Lipinski definition) is 11. The Balaban J connectivity index is 2.75. The summed E-state index contributed by atoms with van der Waals surface area (Å²) in [5.74, 6) is -0.678. The topological polar surface area (TPSA) is 186 Å². The van der Waals surface area contributed by atoms with Crippen LogP contribution in [0, 0.1) is 0 Å². The Bertz CT molecular complexity index is 463. The first-order valence-corrected chi connectivity index (χ1v) is 9.89. The molecule has 1 fully saturated rings. The smallest absolute Gasteiger partial charge is 0.306 e. The highest BCUT2D eigenvalue weighted by atomic mass is 16.8. The minimum atomic E-state index is -2.07. The molecule has 11 heteroatoms. The summed E-state index contributed by atoms with van der Waals surface area (Å²) >= 11 is 0. The van der Waals surface area contributed by atoms with Crippen LogP contribution >= 0.6 is 0 Å². The number of rotatable bonds is 13. The number of aliphatic hydroxyl groups is 7. The van der Waals surface area contributed by atoms with Crippen LogP contribution in [0.25, 0.3) is 0 Å². The number of aliphatic hydroxyl groups excluding tert-OH is 7. The van der Waals surface area contributed by atoms with Crippen molar-refractivity contribution >= 4 is 5.97 Å². The van der Waals surface area contributed by atoms with E-state index in [4.69, 9.17) is 19.3 Å². The van der Waals surface area contributed by atoms with Gasteiger partial charge in [-0.25, -0.2) is 0 Å². The predicted molar refractivity (Wildman–Crippen MR) is 97.2 cm³/mol. The highest BCUT2D eigenvalue weighted by molar-refractivity contribution is 5.69. The van der Waals surface area contributed by atoms with Gasteiger partial charge >= 0.3 is 5.97 Å². The van der Waals surface area contributed by atoms with Crippen molar-refractivity contribution < 1.29 is 54.8 Å². The summed E-state index contributed by atoms with van der Waals surface area (Å²) in [4.78, 5) is 12.1. The third-order valence-corrected chi connectivity index (χ3v) is 4.72. The maximum Gasteiger partial charge on any atom is 0.306 e. The van der Waals surface area contributed by atoms with E-state index in [-0.39, 0.29) is 6.42 Å². The third kappa shape index (κ3) is 8.04. The molecule has 1 unspecified atom stereocenters. The molecule has 1 aliphatic rings. The van der Waals surface area contributed by atoms with Crippen molar-refractivity contribution in [3.8, 4) is 0 Å². The molecule has 0 aromatic rings. The lowest BCUT2D eigenvalue weighted by atomic mass is 9.99. The maximum atomic E-state index is 12.1. The van der Waals surface area contributed by atoms with E-state index in [1.807, 2.05) is 0 Å². The fourth-order valence-corrected chi connectivity index (χ4v) is 2.89. The SMILES string of the molecule is CCCCCCCC(=O)O[C@@H]1[C@H](OC(O)[C@@H](O)[C@H](O)CO)O[C@H](CO)[C@@H](O)[C@@H]1O. The van der Waals surface area contributed by atoms with E-state index in [9.17, 15) is 35.4 Å². The quantitative estimate of drug-likeness (QED) is 0.0957. The van der Waals surface area contributed by atoms with Crippen molar-refractivity contribution in [2.24, 2.45) is 0 Å². The molecule has 0 aromatic heterocycles. The average molecular weight is 426 g/mol. The Labute approximate surface area is 169 Å². The Morgan fingerprint density at radius 3 is 2.28 bits per heavy atom. The lowest BCUT2D eigenvalue weighted by Gasteiger charge is -2.42. The highest BCUT2D eigenvalue weighted by Crippen LogP contribution is 2.26. The molecule has 1 rings (SSSR count). The van der Waals surface area contributed by atoms with Crippen molar-refractivity contribution in [3.05, 3.63) is 0 Å². The van der Waals surface area contributed by atoms with Gasteiger partial charge in [0.25, 0.3) is 0 Å². The summed E-state index contributed by atoms with van der Waals surface area (Å²) in [5.41, 5.74) is 0. The van der Waals surface area contributed by atoms with Crippen LogP contribution in [0.2, 0.25) is 0 Å². The van der Waals surface area contributed by atoms with Crippen LogP contribution in [0.5, 0.6) is 0 Å². The van der Waals surface area contributed by atoms with Gasteiger partial charge in [-0.2, -0.15) is 0 Å². The minimum absolute atomic E-state index is 0.0631. The number of hydrogen-bond donors (Lipinski definition) is 7. The number of carbonyl (C=O) groups excluding carboxylic acids is 1. The molecule has 0 aliphatic carbocycles. The van der Waals surface area contributed by atoms with E-state index in [0.717, 1.165) is 25.7 Å². The normalized spacial score (nSPS) is 30.6. The molecular weight excluding hydrogens is 392 g/mol. The Morgan fingerprint density at radius 1 is 1.03 bits per heavy atom. The van der Waals surface area contributed by atoms with Crippen LogP contribution < -0.4 is 0 Å². The third-order valence-electron chi connectivity index (χ3n) is 4.72. The molecule has 0 bridgehead atoms. The summed E-state index contributed by atoms with van der Waals surface area (Å²) in [5, 5.41) is 67.4. The van der Waals surface area contributed by atoms with Gasteiger partial charge in [-0.3, -0.25) is 4.79 Å². The second-order valence-corrected chi connectivity index (χ2v) is 7.09. The van der Waals surface area contributed by atoms with Crippen molar-refractivity contribution in [2.45, 2.75) is 94.7 Å². The van der Waals surface area contributed by atoms with Crippen LogP contribution in [0.4, 0.5) is 0 Å². The summed E-state index contributed by atoms with van der Waals surface area (Å²) in [6, 6.07) is 0. The first-order chi connectivity index (χ1) is 13.8. The standard InChI is InChI=1S/C18H34O11/c1-2-3-4-5-6-7-12(22)28-16-15(25)14(24)11(9-20)27-18(16)29-17(26)13(23)10(21)8-19/h10-11,13-21,23-26H,2-9H2,1H3/t10-,11-,13+,14-,15+,16+,17?,18+/m1/s1. The first kappa shape index (κ1) is 26.1. The van der Waals surface area contributed by atoms with Gasteiger partial charge in [0.05, 0.1) is 13.2 Å². The van der Waals surface area contributed by atoms with Gasteiger partial charge in [0.1, 0.15) is 30.5 Å². The van der Waals surface area contributed by atoms with Gasteiger partial charge in [0, 0.05) is 6.42 Å². The van der Waals surface area contributed by atoms with E-state index < -0.39 is 68.4 Å². The molecule has 1 aliphatic heterocycles. The molecule has 8 atom stereocenters. The monoisotopic (exact) mass is 426 g/mol. The lowest BCUT2D eigenvalue weighted by molar-refractivity contribution is -0.346. The average Bonchev–Trinajstić information content (AvgIpc) is 2.71. The van der Waals surface area contributed by atoms with E-state index in [1.165, 1.54) is 0 Å². The molecule has 29 heavy (non-hydrogen) atoms. The molecule has 0 saturated carbocycles. The Hall–Kier alpha value is -0.890. The van der Waals surface area contributed by atoms with E-state index in [2.05, 4.69) is 6.92 Å². The van der Waals surface area contributed by atoms with Crippen LogP contribution in [-0.4, -0.2) is 104 Å². The van der Waals surface area contributed by atoms with E-state index in [1.54, 1.807) is 0 Å². The first-order valence-electron chi connectivity index (χ1n) is 9.89. The van der Waals surface area contributed by atoms with Gasteiger partial charge in [-0.15, -0.1) is 0 Å². The summed E-state index contributed by atoms with van der Waals surface area (Å²) in [7, 11) is 0.